The Labute approximate surface area is 126 Å². The van der Waals surface area contributed by atoms with E-state index in [4.69, 9.17) is 0 Å². The number of carbonyl (C=O) groups is 1. The second-order valence-electron chi connectivity index (χ2n) is 6.43. The number of thiophene rings is 1. The van der Waals surface area contributed by atoms with Gasteiger partial charge in [0.1, 0.15) is 5.78 Å². The minimum Gasteiger partial charge on any atom is -0.299 e. The monoisotopic (exact) mass is 291 g/mol. The predicted octanol–water partition coefficient (Wildman–Crippen LogP) is 4.06. The summed E-state index contributed by atoms with van der Waals surface area (Å²) in [6.07, 6.45) is 5.45. The number of hydrogen-bond acceptors (Lipinski definition) is 3. The van der Waals surface area contributed by atoms with E-state index in [2.05, 4.69) is 30.2 Å². The van der Waals surface area contributed by atoms with Crippen LogP contribution in [-0.2, 0) is 11.2 Å². The molecule has 3 rings (SSSR count). The number of rotatable bonds is 3. The van der Waals surface area contributed by atoms with Crippen LogP contribution >= 0.6 is 11.3 Å². The van der Waals surface area contributed by atoms with Gasteiger partial charge < -0.3 is 0 Å². The van der Waals surface area contributed by atoms with Crippen LogP contribution in [0.4, 0.5) is 0 Å². The van der Waals surface area contributed by atoms with E-state index in [-0.39, 0.29) is 5.92 Å². The average molecular weight is 291 g/mol. The standard InChI is InChI=1S/C17H25NOS/c1-3-13-4-5-16(19)14(10-13)11-18-8-6-17-15(12(18)2)7-9-20-17/h7,9,12-14H,3-6,8,10-11H2,1-2H3. The molecule has 3 atom stereocenters. The zero-order chi connectivity index (χ0) is 14.1. The van der Waals surface area contributed by atoms with Gasteiger partial charge >= 0.3 is 0 Å². The molecule has 20 heavy (non-hydrogen) atoms. The molecule has 0 N–H and O–H groups in total. The highest BCUT2D eigenvalue weighted by atomic mass is 32.1. The fourth-order valence-electron chi connectivity index (χ4n) is 3.84. The number of fused-ring (bicyclic) bond motifs is 1. The molecule has 0 bridgehead atoms. The Morgan fingerprint density at radius 2 is 2.25 bits per heavy atom. The summed E-state index contributed by atoms with van der Waals surface area (Å²) in [5.41, 5.74) is 1.50. The molecule has 0 radical (unpaired) electrons. The van der Waals surface area contributed by atoms with Gasteiger partial charge in [-0.1, -0.05) is 13.3 Å². The van der Waals surface area contributed by atoms with E-state index in [0.29, 0.717) is 11.8 Å². The largest absolute Gasteiger partial charge is 0.299 e. The van der Waals surface area contributed by atoms with Gasteiger partial charge in [-0.2, -0.15) is 0 Å². The maximum Gasteiger partial charge on any atom is 0.137 e. The minimum absolute atomic E-state index is 0.288. The maximum atomic E-state index is 12.2. The first kappa shape index (κ1) is 14.3. The molecular weight excluding hydrogens is 266 g/mol. The smallest absolute Gasteiger partial charge is 0.137 e. The van der Waals surface area contributed by atoms with E-state index in [1.54, 1.807) is 4.88 Å². The van der Waals surface area contributed by atoms with Crippen molar-refractivity contribution >= 4 is 17.1 Å². The van der Waals surface area contributed by atoms with Crippen molar-refractivity contribution in [1.29, 1.82) is 0 Å². The minimum atomic E-state index is 0.288. The van der Waals surface area contributed by atoms with Crippen LogP contribution in [0.2, 0.25) is 0 Å². The van der Waals surface area contributed by atoms with Crippen LogP contribution in [0.15, 0.2) is 11.4 Å². The molecule has 2 heterocycles. The molecule has 0 spiro atoms. The summed E-state index contributed by atoms with van der Waals surface area (Å²) < 4.78 is 0. The third-order valence-electron chi connectivity index (χ3n) is 5.31. The third kappa shape index (κ3) is 2.71. The second kappa shape index (κ2) is 5.98. The van der Waals surface area contributed by atoms with Crippen LogP contribution in [0.25, 0.3) is 0 Å². The lowest BCUT2D eigenvalue weighted by Gasteiger charge is -2.37. The fraction of sp³-hybridized carbons (Fsp3) is 0.706. The number of nitrogens with zero attached hydrogens (tertiary/aromatic N) is 1. The van der Waals surface area contributed by atoms with E-state index in [1.165, 1.54) is 12.0 Å². The van der Waals surface area contributed by atoms with Crippen LogP contribution in [0.5, 0.6) is 0 Å². The molecule has 1 fully saturated rings. The zero-order valence-corrected chi connectivity index (χ0v) is 13.4. The summed E-state index contributed by atoms with van der Waals surface area (Å²) in [5, 5.41) is 2.21. The molecule has 2 aliphatic rings. The molecule has 3 unspecified atom stereocenters. The fourth-order valence-corrected chi connectivity index (χ4v) is 4.81. The Balaban J connectivity index is 1.67. The first-order chi connectivity index (χ1) is 9.69. The highest BCUT2D eigenvalue weighted by Crippen LogP contribution is 2.35. The molecule has 1 saturated carbocycles. The van der Waals surface area contributed by atoms with Crippen LogP contribution in [0.3, 0.4) is 0 Å². The predicted molar refractivity (Wildman–Crippen MR) is 84.1 cm³/mol. The van der Waals surface area contributed by atoms with Gasteiger partial charge in [0.2, 0.25) is 0 Å². The first-order valence-electron chi connectivity index (χ1n) is 8.02. The molecule has 2 nitrogen and oxygen atoms in total. The zero-order valence-electron chi connectivity index (χ0n) is 12.6. The summed E-state index contributed by atoms with van der Waals surface area (Å²) in [4.78, 5) is 16.3. The van der Waals surface area contributed by atoms with Gasteiger partial charge in [-0.25, -0.2) is 0 Å². The Kier molecular flexibility index (Phi) is 4.27. The molecule has 1 aliphatic carbocycles. The van der Waals surface area contributed by atoms with Gasteiger partial charge in [-0.05, 0) is 49.1 Å². The molecule has 1 aromatic heterocycles. The molecule has 0 amide bonds. The van der Waals surface area contributed by atoms with Crippen LogP contribution in [0.1, 0.15) is 56.0 Å². The van der Waals surface area contributed by atoms with Gasteiger partial charge in [-0.3, -0.25) is 9.69 Å². The maximum absolute atomic E-state index is 12.2. The quantitative estimate of drug-likeness (QED) is 0.837. The molecule has 1 aromatic rings. The van der Waals surface area contributed by atoms with Gasteiger partial charge in [0.05, 0.1) is 0 Å². The second-order valence-corrected chi connectivity index (χ2v) is 7.43. The Morgan fingerprint density at radius 3 is 3.05 bits per heavy atom. The highest BCUT2D eigenvalue weighted by molar-refractivity contribution is 7.10. The van der Waals surface area contributed by atoms with Crippen LogP contribution in [0, 0.1) is 11.8 Å². The Hall–Kier alpha value is -0.670. The lowest BCUT2D eigenvalue weighted by molar-refractivity contribution is -0.126. The molecule has 110 valence electrons. The van der Waals surface area contributed by atoms with Crippen LogP contribution in [-0.4, -0.2) is 23.8 Å². The normalized spacial score (nSPS) is 31.3. The Bertz CT molecular complexity index is 481. The van der Waals surface area contributed by atoms with Crippen molar-refractivity contribution in [2.24, 2.45) is 11.8 Å². The molecule has 0 aromatic carbocycles. The van der Waals surface area contributed by atoms with E-state index in [9.17, 15) is 4.79 Å². The van der Waals surface area contributed by atoms with Crippen LogP contribution < -0.4 is 0 Å². The van der Waals surface area contributed by atoms with Gasteiger partial charge in [0.25, 0.3) is 0 Å². The summed E-state index contributed by atoms with van der Waals surface area (Å²) >= 11 is 1.89. The molecule has 3 heteroatoms. The van der Waals surface area contributed by atoms with Crippen molar-refractivity contribution in [3.05, 3.63) is 21.9 Å². The highest BCUT2D eigenvalue weighted by Gasteiger charge is 2.32. The topological polar surface area (TPSA) is 20.3 Å². The number of carbonyl (C=O) groups excluding carboxylic acids is 1. The van der Waals surface area contributed by atoms with Gasteiger partial charge in [-0.15, -0.1) is 11.3 Å². The number of Topliss-reactive ketones (excluding diaryl/α,β-unsaturated/α-hetero) is 1. The van der Waals surface area contributed by atoms with E-state index in [0.717, 1.165) is 44.7 Å². The molecular formula is C17H25NOS. The lowest BCUT2D eigenvalue weighted by Crippen LogP contribution is -2.40. The third-order valence-corrected chi connectivity index (χ3v) is 6.30. The van der Waals surface area contributed by atoms with Crippen molar-refractivity contribution in [3.8, 4) is 0 Å². The van der Waals surface area contributed by atoms with Crippen molar-refractivity contribution in [2.45, 2.75) is 52.0 Å². The first-order valence-corrected chi connectivity index (χ1v) is 8.90. The summed E-state index contributed by atoms with van der Waals surface area (Å²) in [7, 11) is 0. The van der Waals surface area contributed by atoms with Gasteiger partial charge in [0.15, 0.2) is 0 Å². The summed E-state index contributed by atoms with van der Waals surface area (Å²) in [5.74, 6) is 1.57. The lowest BCUT2D eigenvalue weighted by atomic mass is 9.78. The van der Waals surface area contributed by atoms with Crippen molar-refractivity contribution in [3.63, 3.8) is 0 Å². The number of hydrogen-bond donors (Lipinski definition) is 0. The van der Waals surface area contributed by atoms with Gasteiger partial charge in [0, 0.05) is 36.3 Å². The average Bonchev–Trinajstić information content (AvgIpc) is 2.93. The molecule has 0 saturated heterocycles. The van der Waals surface area contributed by atoms with Crippen molar-refractivity contribution < 1.29 is 4.79 Å². The summed E-state index contributed by atoms with van der Waals surface area (Å²) in [6.45, 7) is 6.66. The summed E-state index contributed by atoms with van der Waals surface area (Å²) in [6, 6.07) is 2.76. The van der Waals surface area contributed by atoms with Crippen molar-refractivity contribution in [1.82, 2.24) is 4.90 Å². The number of ketones is 1. The van der Waals surface area contributed by atoms with E-state index in [1.807, 2.05) is 11.3 Å². The van der Waals surface area contributed by atoms with Crippen molar-refractivity contribution in [2.75, 3.05) is 13.1 Å². The molecule has 1 aliphatic heterocycles. The SMILES string of the molecule is CCC1CCC(=O)C(CN2CCc3sccc3C2C)C1. The van der Waals surface area contributed by atoms with E-state index < -0.39 is 0 Å². The van der Waals surface area contributed by atoms with E-state index >= 15 is 0 Å². The Morgan fingerprint density at radius 1 is 1.40 bits per heavy atom.